The molecular weight excluding hydrogens is 290 g/mol. The number of hydrogen-bond donors (Lipinski definition) is 3. The zero-order valence-corrected chi connectivity index (χ0v) is 13.8. The number of aryl methyl sites for hydroxylation is 1. The highest BCUT2D eigenvalue weighted by molar-refractivity contribution is 5.94. The highest BCUT2D eigenvalue weighted by atomic mass is 16.3. The van der Waals surface area contributed by atoms with Gasteiger partial charge in [-0.05, 0) is 55.7 Å². The van der Waals surface area contributed by atoms with Crippen molar-refractivity contribution in [3.63, 3.8) is 0 Å². The quantitative estimate of drug-likeness (QED) is 0.766. The number of amides is 1. The third-order valence-electron chi connectivity index (χ3n) is 3.40. The zero-order chi connectivity index (χ0) is 16.8. The van der Waals surface area contributed by atoms with Crippen LogP contribution in [0.4, 0.5) is 5.82 Å². The van der Waals surface area contributed by atoms with Crippen molar-refractivity contribution in [2.45, 2.75) is 26.8 Å². The Morgan fingerprint density at radius 1 is 1.26 bits per heavy atom. The van der Waals surface area contributed by atoms with Gasteiger partial charge in [0.15, 0.2) is 0 Å². The molecule has 0 aliphatic carbocycles. The van der Waals surface area contributed by atoms with Crippen LogP contribution in [-0.4, -0.2) is 35.2 Å². The van der Waals surface area contributed by atoms with Gasteiger partial charge < -0.3 is 15.7 Å². The third-order valence-corrected chi connectivity index (χ3v) is 3.40. The number of nitrogens with zero attached hydrogens (tertiary/aromatic N) is 1. The summed E-state index contributed by atoms with van der Waals surface area (Å²) < 4.78 is 0. The number of aliphatic hydroxyl groups excluding tert-OH is 1. The maximum atomic E-state index is 11.9. The number of aromatic nitrogens is 1. The van der Waals surface area contributed by atoms with E-state index < -0.39 is 0 Å². The number of hydrogen-bond acceptors (Lipinski definition) is 4. The van der Waals surface area contributed by atoms with Gasteiger partial charge in [-0.25, -0.2) is 4.98 Å². The van der Waals surface area contributed by atoms with Crippen molar-refractivity contribution >= 4 is 11.7 Å². The van der Waals surface area contributed by atoms with Gasteiger partial charge in [-0.15, -0.1) is 0 Å². The molecule has 5 nitrogen and oxygen atoms in total. The molecule has 1 aromatic heterocycles. The van der Waals surface area contributed by atoms with Crippen LogP contribution < -0.4 is 10.6 Å². The Morgan fingerprint density at radius 2 is 1.96 bits per heavy atom. The Kier molecular flexibility index (Phi) is 5.71. The molecule has 1 heterocycles. The number of carbonyl (C=O) groups excluding carboxylic acids is 1. The van der Waals surface area contributed by atoms with Crippen LogP contribution in [0.15, 0.2) is 36.5 Å². The maximum absolute atomic E-state index is 11.9. The summed E-state index contributed by atoms with van der Waals surface area (Å²) in [4.78, 5) is 16.2. The summed E-state index contributed by atoms with van der Waals surface area (Å²) in [6, 6.07) is 9.77. The van der Waals surface area contributed by atoms with Gasteiger partial charge in [-0.1, -0.05) is 12.1 Å². The highest BCUT2D eigenvalue weighted by Crippen LogP contribution is 2.25. The smallest absolute Gasteiger partial charge is 0.251 e. The van der Waals surface area contributed by atoms with Gasteiger partial charge in [-0.3, -0.25) is 4.79 Å². The van der Waals surface area contributed by atoms with Crippen molar-refractivity contribution in [1.29, 1.82) is 0 Å². The Balaban J connectivity index is 2.23. The van der Waals surface area contributed by atoms with E-state index in [1.807, 2.05) is 31.3 Å². The molecule has 0 bridgehead atoms. The van der Waals surface area contributed by atoms with E-state index in [-0.39, 0.29) is 19.1 Å². The van der Waals surface area contributed by atoms with Crippen LogP contribution in [0.3, 0.4) is 0 Å². The van der Waals surface area contributed by atoms with E-state index in [1.54, 1.807) is 12.1 Å². The van der Waals surface area contributed by atoms with Gasteiger partial charge in [0.05, 0.1) is 6.61 Å². The van der Waals surface area contributed by atoms with Crippen molar-refractivity contribution in [1.82, 2.24) is 10.3 Å². The Labute approximate surface area is 136 Å². The second-order valence-corrected chi connectivity index (χ2v) is 5.74. The molecule has 0 unspecified atom stereocenters. The molecule has 1 amide bonds. The number of rotatable bonds is 6. The summed E-state index contributed by atoms with van der Waals surface area (Å²) in [7, 11) is 0. The number of carbonyl (C=O) groups is 1. The summed E-state index contributed by atoms with van der Waals surface area (Å²) in [5.74, 6) is 0.657. The lowest BCUT2D eigenvalue weighted by atomic mass is 10.0. The lowest BCUT2D eigenvalue weighted by molar-refractivity contribution is 0.0945. The normalized spacial score (nSPS) is 10.7. The van der Waals surface area contributed by atoms with Crippen molar-refractivity contribution < 1.29 is 9.90 Å². The Hall–Kier alpha value is -2.40. The topological polar surface area (TPSA) is 74.2 Å². The predicted octanol–water partition coefficient (Wildman–Crippen LogP) is 2.60. The number of anilines is 1. The van der Waals surface area contributed by atoms with Crippen molar-refractivity contribution in [3.05, 3.63) is 47.7 Å². The second-order valence-electron chi connectivity index (χ2n) is 5.74. The van der Waals surface area contributed by atoms with Crippen LogP contribution in [0.2, 0.25) is 0 Å². The molecule has 0 aliphatic rings. The lowest BCUT2D eigenvalue weighted by Gasteiger charge is -2.13. The van der Waals surface area contributed by atoms with Crippen molar-refractivity contribution in [2.24, 2.45) is 0 Å². The number of pyridine rings is 1. The van der Waals surface area contributed by atoms with E-state index in [0.717, 1.165) is 22.5 Å². The standard InChI is InChI=1S/C18H23N3O2/c1-12(2)21-17-10-16(13(3)11-20-17)14-4-6-15(7-5-14)18(23)19-8-9-22/h4-7,10-12,22H,8-9H2,1-3H3,(H,19,23)(H,20,21). The van der Waals surface area contributed by atoms with Crippen LogP contribution in [0.25, 0.3) is 11.1 Å². The Bertz CT molecular complexity index is 666. The van der Waals surface area contributed by atoms with Gasteiger partial charge in [0.25, 0.3) is 5.91 Å². The molecule has 0 radical (unpaired) electrons. The van der Waals surface area contributed by atoms with Gasteiger partial charge in [0, 0.05) is 24.3 Å². The Morgan fingerprint density at radius 3 is 2.57 bits per heavy atom. The number of benzene rings is 1. The van der Waals surface area contributed by atoms with Gasteiger partial charge in [-0.2, -0.15) is 0 Å². The van der Waals surface area contributed by atoms with E-state index in [9.17, 15) is 4.79 Å². The van der Waals surface area contributed by atoms with Crippen LogP contribution in [-0.2, 0) is 0 Å². The summed E-state index contributed by atoms with van der Waals surface area (Å²) in [5.41, 5.74) is 3.78. The fourth-order valence-corrected chi connectivity index (χ4v) is 2.28. The monoisotopic (exact) mass is 313 g/mol. The number of nitrogens with one attached hydrogen (secondary N) is 2. The van der Waals surface area contributed by atoms with Crippen molar-refractivity contribution in [3.8, 4) is 11.1 Å². The molecule has 0 atom stereocenters. The molecule has 2 aromatic rings. The highest BCUT2D eigenvalue weighted by Gasteiger charge is 2.08. The van der Waals surface area contributed by atoms with E-state index in [1.165, 1.54) is 0 Å². The summed E-state index contributed by atoms with van der Waals surface area (Å²) >= 11 is 0. The van der Waals surface area contributed by atoms with Gasteiger partial charge >= 0.3 is 0 Å². The molecule has 122 valence electrons. The molecule has 0 fully saturated rings. The minimum absolute atomic E-state index is 0.0638. The average Bonchev–Trinajstić information content (AvgIpc) is 2.54. The fourth-order valence-electron chi connectivity index (χ4n) is 2.28. The van der Waals surface area contributed by atoms with Crippen LogP contribution in [0.1, 0.15) is 29.8 Å². The molecule has 1 aromatic carbocycles. The first-order valence-corrected chi connectivity index (χ1v) is 7.74. The number of aliphatic hydroxyl groups is 1. The summed E-state index contributed by atoms with van der Waals surface area (Å²) in [6.07, 6.45) is 1.85. The fraction of sp³-hybridized carbons (Fsp3) is 0.333. The molecule has 0 saturated heterocycles. The molecule has 0 saturated carbocycles. The van der Waals surface area contributed by atoms with Gasteiger partial charge in [0.2, 0.25) is 0 Å². The third kappa shape index (κ3) is 4.53. The van der Waals surface area contributed by atoms with E-state index in [4.69, 9.17) is 5.11 Å². The first-order chi connectivity index (χ1) is 11.0. The van der Waals surface area contributed by atoms with E-state index in [2.05, 4.69) is 29.5 Å². The van der Waals surface area contributed by atoms with E-state index in [0.29, 0.717) is 11.6 Å². The van der Waals surface area contributed by atoms with Gasteiger partial charge in [0.1, 0.15) is 5.82 Å². The predicted molar refractivity (Wildman–Crippen MR) is 92.6 cm³/mol. The summed E-state index contributed by atoms with van der Waals surface area (Å²) in [5, 5.41) is 14.7. The molecule has 5 heteroatoms. The average molecular weight is 313 g/mol. The van der Waals surface area contributed by atoms with Crippen molar-refractivity contribution in [2.75, 3.05) is 18.5 Å². The lowest BCUT2D eigenvalue weighted by Crippen LogP contribution is -2.26. The molecule has 3 N–H and O–H groups in total. The molecule has 23 heavy (non-hydrogen) atoms. The molecular formula is C18H23N3O2. The van der Waals surface area contributed by atoms with E-state index >= 15 is 0 Å². The summed E-state index contributed by atoms with van der Waals surface area (Å²) in [6.45, 7) is 6.35. The van der Waals surface area contributed by atoms with Crippen LogP contribution >= 0.6 is 0 Å². The first kappa shape index (κ1) is 17.0. The second kappa shape index (κ2) is 7.74. The largest absolute Gasteiger partial charge is 0.395 e. The first-order valence-electron chi connectivity index (χ1n) is 7.74. The minimum Gasteiger partial charge on any atom is -0.395 e. The minimum atomic E-state index is -0.181. The molecule has 0 aliphatic heterocycles. The molecule has 2 rings (SSSR count). The molecule has 0 spiro atoms. The maximum Gasteiger partial charge on any atom is 0.251 e. The van der Waals surface area contributed by atoms with Crippen LogP contribution in [0, 0.1) is 6.92 Å². The van der Waals surface area contributed by atoms with Crippen LogP contribution in [0.5, 0.6) is 0 Å². The zero-order valence-electron chi connectivity index (χ0n) is 13.8. The SMILES string of the molecule is Cc1cnc(NC(C)C)cc1-c1ccc(C(=O)NCCO)cc1.